The number of allylic oxidation sites excluding steroid dienone is 1. The molecule has 1 aliphatic carbocycles. The van der Waals surface area contributed by atoms with Crippen LogP contribution in [0.2, 0.25) is 0 Å². The third-order valence-electron chi connectivity index (χ3n) is 9.21. The predicted octanol–water partition coefficient (Wildman–Crippen LogP) is 2.87. The molecule has 2 N–H and O–H groups in total. The van der Waals surface area contributed by atoms with Gasteiger partial charge in [0.25, 0.3) is 0 Å². The summed E-state index contributed by atoms with van der Waals surface area (Å²) < 4.78 is 12.4. The van der Waals surface area contributed by atoms with Crippen molar-refractivity contribution >= 4 is 39.6 Å². The van der Waals surface area contributed by atoms with E-state index in [1.807, 2.05) is 4.90 Å². The van der Waals surface area contributed by atoms with Crippen molar-refractivity contribution in [1.82, 2.24) is 15.1 Å². The van der Waals surface area contributed by atoms with Gasteiger partial charge in [-0.2, -0.15) is 0 Å². The first-order valence-corrected chi connectivity index (χ1v) is 16.3. The summed E-state index contributed by atoms with van der Waals surface area (Å²) in [6.45, 7) is 10.0. The maximum absolute atomic E-state index is 14.5. The Morgan fingerprint density at radius 3 is 2.64 bits per heavy atom. The lowest BCUT2D eigenvalue weighted by Crippen LogP contribution is -2.58. The van der Waals surface area contributed by atoms with Crippen LogP contribution < -0.4 is 5.32 Å². The number of nitrogens with one attached hydrogen (secondary N) is 1. The normalized spacial score (nSPS) is 31.0. The lowest BCUT2D eigenvalue weighted by molar-refractivity contribution is -0.159. The maximum Gasteiger partial charge on any atom is 0.312 e. The van der Waals surface area contributed by atoms with E-state index in [9.17, 15) is 24.3 Å². The number of aliphatic hydroxyl groups is 1. The van der Waals surface area contributed by atoms with Gasteiger partial charge in [0.15, 0.2) is 0 Å². The third kappa shape index (κ3) is 6.48. The quantitative estimate of drug-likeness (QED) is 0.121. The number of hydrogen-bond acceptors (Lipinski definition) is 7. The zero-order valence-corrected chi connectivity index (χ0v) is 26.3. The summed E-state index contributed by atoms with van der Waals surface area (Å²) in [4.78, 5) is 57.6. The SMILES string of the molecule is C=CCCC(=O)NC[C@H](C)OC(=O)[C@H]1[C@@H]2O[C@@]3(CC2Br)[C@@H]1C(=O)N(CCCCO)[C@@H]3C(=O)N(CC=C)C1CCCCC1. The van der Waals surface area contributed by atoms with Gasteiger partial charge in [-0.3, -0.25) is 19.2 Å². The Balaban J connectivity index is 1.59. The molecule has 4 rings (SSSR count). The summed E-state index contributed by atoms with van der Waals surface area (Å²) >= 11 is 3.70. The molecule has 11 heteroatoms. The Kier molecular flexibility index (Phi) is 11.3. The number of fused-ring (bicyclic) bond motifs is 1. The molecule has 0 aromatic carbocycles. The summed E-state index contributed by atoms with van der Waals surface area (Å²) in [7, 11) is 0. The number of rotatable bonds is 15. The van der Waals surface area contributed by atoms with Gasteiger partial charge < -0.3 is 29.7 Å². The van der Waals surface area contributed by atoms with Crippen LogP contribution in [0.15, 0.2) is 25.3 Å². The Labute approximate surface area is 257 Å². The van der Waals surface area contributed by atoms with Gasteiger partial charge in [0, 0.05) is 37.0 Å². The molecule has 3 saturated heterocycles. The molecule has 42 heavy (non-hydrogen) atoms. The number of nitrogens with zero attached hydrogens (tertiary/aromatic N) is 2. The number of halogens is 1. The van der Waals surface area contributed by atoms with Crippen LogP contribution in [0.5, 0.6) is 0 Å². The van der Waals surface area contributed by atoms with Crippen molar-refractivity contribution in [2.24, 2.45) is 11.8 Å². The molecule has 0 radical (unpaired) electrons. The van der Waals surface area contributed by atoms with E-state index < -0.39 is 41.7 Å². The molecule has 4 aliphatic rings. The fourth-order valence-corrected chi connectivity index (χ4v) is 8.26. The molecule has 1 spiro atoms. The number of unbranched alkanes of at least 4 members (excludes halogenated alkanes) is 1. The van der Waals surface area contributed by atoms with E-state index in [4.69, 9.17) is 9.47 Å². The highest BCUT2D eigenvalue weighted by molar-refractivity contribution is 9.09. The fourth-order valence-electron chi connectivity index (χ4n) is 7.32. The second-order valence-corrected chi connectivity index (χ2v) is 13.3. The van der Waals surface area contributed by atoms with E-state index in [1.165, 1.54) is 0 Å². The van der Waals surface area contributed by atoms with Crippen molar-refractivity contribution in [2.45, 2.75) is 106 Å². The van der Waals surface area contributed by atoms with Crippen LogP contribution in [0.25, 0.3) is 0 Å². The maximum atomic E-state index is 14.5. The largest absolute Gasteiger partial charge is 0.460 e. The molecule has 3 amide bonds. The van der Waals surface area contributed by atoms with Gasteiger partial charge >= 0.3 is 5.97 Å². The minimum atomic E-state index is -1.16. The lowest BCUT2D eigenvalue weighted by atomic mass is 9.70. The minimum Gasteiger partial charge on any atom is -0.460 e. The average molecular weight is 653 g/mol. The van der Waals surface area contributed by atoms with Gasteiger partial charge in [-0.25, -0.2) is 0 Å². The van der Waals surface area contributed by atoms with Crippen molar-refractivity contribution < 1.29 is 33.8 Å². The second-order valence-electron chi connectivity index (χ2n) is 12.1. The van der Waals surface area contributed by atoms with E-state index >= 15 is 0 Å². The van der Waals surface area contributed by atoms with Crippen LogP contribution in [-0.2, 0) is 28.7 Å². The van der Waals surface area contributed by atoms with Gasteiger partial charge in [-0.05, 0) is 45.4 Å². The molecule has 10 nitrogen and oxygen atoms in total. The number of hydrogen-bond donors (Lipinski definition) is 2. The summed E-state index contributed by atoms with van der Waals surface area (Å²) in [6.07, 6.45) is 9.52. The predicted molar refractivity (Wildman–Crippen MR) is 161 cm³/mol. The van der Waals surface area contributed by atoms with Gasteiger partial charge in [0.05, 0.1) is 24.5 Å². The smallest absolute Gasteiger partial charge is 0.312 e. The van der Waals surface area contributed by atoms with Gasteiger partial charge in [0.2, 0.25) is 17.7 Å². The van der Waals surface area contributed by atoms with Crippen LogP contribution in [0, 0.1) is 11.8 Å². The van der Waals surface area contributed by atoms with Gasteiger partial charge in [0.1, 0.15) is 17.7 Å². The molecule has 3 aliphatic heterocycles. The number of amides is 3. The first-order valence-electron chi connectivity index (χ1n) is 15.4. The number of alkyl halides is 1. The van der Waals surface area contributed by atoms with Crippen LogP contribution in [0.1, 0.15) is 71.1 Å². The molecular formula is C31H46BrN3O7. The zero-order chi connectivity index (χ0) is 30.4. The molecule has 3 heterocycles. The summed E-state index contributed by atoms with van der Waals surface area (Å²) in [5.41, 5.74) is -1.16. The van der Waals surface area contributed by atoms with E-state index in [0.717, 1.165) is 32.1 Å². The summed E-state index contributed by atoms with van der Waals surface area (Å²) in [5.74, 6) is -2.88. The number of esters is 1. The van der Waals surface area contributed by atoms with Crippen molar-refractivity contribution in [3.63, 3.8) is 0 Å². The molecule has 1 unspecified atom stereocenters. The van der Waals surface area contributed by atoms with Crippen LogP contribution >= 0.6 is 15.9 Å². The van der Waals surface area contributed by atoms with Crippen molar-refractivity contribution in [2.75, 3.05) is 26.2 Å². The van der Waals surface area contributed by atoms with Crippen molar-refractivity contribution in [3.8, 4) is 0 Å². The van der Waals surface area contributed by atoms with E-state index in [2.05, 4.69) is 34.4 Å². The monoisotopic (exact) mass is 651 g/mol. The number of ether oxygens (including phenoxy) is 2. The van der Waals surface area contributed by atoms with Gasteiger partial charge in [-0.1, -0.05) is 47.3 Å². The van der Waals surface area contributed by atoms with Gasteiger partial charge in [-0.15, -0.1) is 13.2 Å². The van der Waals surface area contributed by atoms with Crippen LogP contribution in [-0.4, -0.2) is 99.6 Å². The Morgan fingerprint density at radius 1 is 1.24 bits per heavy atom. The Hall–Kier alpha value is -2.24. The minimum absolute atomic E-state index is 0.0150. The fraction of sp³-hybridized carbons (Fsp3) is 0.742. The van der Waals surface area contributed by atoms with Crippen LogP contribution in [0.3, 0.4) is 0 Å². The zero-order valence-electron chi connectivity index (χ0n) is 24.7. The highest BCUT2D eigenvalue weighted by Gasteiger charge is 2.77. The molecule has 0 aromatic heterocycles. The molecular weight excluding hydrogens is 606 g/mol. The second kappa shape index (κ2) is 14.5. The number of aliphatic hydroxyl groups excluding tert-OH is 1. The summed E-state index contributed by atoms with van der Waals surface area (Å²) in [5, 5.41) is 12.2. The molecule has 7 atom stereocenters. The molecule has 1 saturated carbocycles. The van der Waals surface area contributed by atoms with E-state index in [1.54, 1.807) is 24.0 Å². The first kappa shape index (κ1) is 32.7. The molecule has 4 fully saturated rings. The number of likely N-dealkylation sites (tertiary alicyclic amines) is 1. The van der Waals surface area contributed by atoms with Crippen molar-refractivity contribution in [3.05, 3.63) is 25.3 Å². The van der Waals surface area contributed by atoms with E-state index in [-0.39, 0.29) is 48.3 Å². The highest BCUT2D eigenvalue weighted by Crippen LogP contribution is 2.60. The highest BCUT2D eigenvalue weighted by atomic mass is 79.9. The van der Waals surface area contributed by atoms with E-state index in [0.29, 0.717) is 38.6 Å². The topological polar surface area (TPSA) is 125 Å². The summed E-state index contributed by atoms with van der Waals surface area (Å²) in [6, 6.07) is -0.809. The molecule has 2 bridgehead atoms. The Bertz CT molecular complexity index is 1030. The lowest BCUT2D eigenvalue weighted by Gasteiger charge is -2.41. The standard InChI is InChI=1S/C31H46BrN3O7/c1-4-6-14-23(37)33-19-20(3)41-30(40)24-25-28(38)35(16-10-11-17-36)27(31(25)18-22(32)26(24)42-31)29(39)34(15-5-2)21-12-8-7-9-13-21/h4-5,20-22,24-27,36H,1-2,6-19H2,3H3,(H,33,37)/t20-,22?,24+,25-,26+,27+,31-/m0/s1. The molecule has 0 aromatic rings. The Morgan fingerprint density at radius 2 is 1.98 bits per heavy atom. The average Bonchev–Trinajstić information content (AvgIpc) is 3.57. The number of carbonyl (C=O) groups excluding carboxylic acids is 4. The number of carbonyl (C=O) groups is 4. The third-order valence-corrected chi connectivity index (χ3v) is 10.1. The van der Waals surface area contributed by atoms with Crippen LogP contribution in [0.4, 0.5) is 0 Å². The van der Waals surface area contributed by atoms with Crippen molar-refractivity contribution in [1.29, 1.82) is 0 Å². The first-order chi connectivity index (χ1) is 20.2. The molecule has 234 valence electrons.